The van der Waals surface area contributed by atoms with Crippen LogP contribution in [0.1, 0.15) is 213 Å². The molecule has 1 rings (SSSR count). The van der Waals surface area contributed by atoms with Crippen molar-refractivity contribution in [1.29, 1.82) is 0 Å². The highest BCUT2D eigenvalue weighted by Crippen LogP contribution is 2.26. The first-order valence-electron chi connectivity index (χ1n) is 24.2. The van der Waals surface area contributed by atoms with E-state index in [0.717, 1.165) is 38.5 Å². The Labute approximate surface area is 364 Å². The standard InChI is InChI=1S/C46H89NO12S/c1-3-5-7-9-11-13-15-16-17-18-19-20-21-22-23-25-26-28-30-32-34-39(49)38(37-57-46-43(52)44(59-60(54,55)56)42(51)41(36-48)58-46)47-45(53)40(50)35-33-31-29-27-24-14-12-10-8-6-4-2/h32,34,38-44,46,48-52H,3-31,33,35-37H2,1-2H3,(H,47,53)(H,54,55,56)/b34-32+. The van der Waals surface area contributed by atoms with E-state index in [1.54, 1.807) is 6.08 Å². The third kappa shape index (κ3) is 29.2. The van der Waals surface area contributed by atoms with Crippen LogP contribution in [-0.2, 0) is 28.9 Å². The smallest absolute Gasteiger partial charge is 0.394 e. The molecule has 8 atom stereocenters. The summed E-state index contributed by atoms with van der Waals surface area (Å²) in [5, 5.41) is 55.2. The quantitative estimate of drug-likeness (QED) is 0.0175. The fourth-order valence-electron chi connectivity index (χ4n) is 7.81. The first-order valence-corrected chi connectivity index (χ1v) is 25.5. The van der Waals surface area contributed by atoms with Gasteiger partial charge in [0, 0.05) is 0 Å². The Morgan fingerprint density at radius 3 is 1.50 bits per heavy atom. The van der Waals surface area contributed by atoms with Gasteiger partial charge in [0.2, 0.25) is 5.91 Å². The van der Waals surface area contributed by atoms with Gasteiger partial charge in [0.1, 0.15) is 30.5 Å². The van der Waals surface area contributed by atoms with E-state index in [4.69, 9.17) is 9.47 Å². The number of carbonyl (C=O) groups is 1. The number of rotatable bonds is 41. The normalized spacial score (nSPS) is 21.4. The van der Waals surface area contributed by atoms with E-state index in [0.29, 0.717) is 12.8 Å². The van der Waals surface area contributed by atoms with Gasteiger partial charge in [-0.15, -0.1) is 0 Å². The Bertz CT molecular complexity index is 1140. The molecule has 0 aliphatic carbocycles. The molecule has 0 saturated carbocycles. The first kappa shape index (κ1) is 56.8. The molecule has 0 aromatic rings. The molecule has 0 aromatic heterocycles. The van der Waals surface area contributed by atoms with Crippen LogP contribution in [-0.4, -0.2) is 107 Å². The van der Waals surface area contributed by atoms with Gasteiger partial charge in [-0.05, 0) is 19.3 Å². The Morgan fingerprint density at radius 2 is 1.08 bits per heavy atom. The lowest BCUT2D eigenvalue weighted by molar-refractivity contribution is -0.298. The summed E-state index contributed by atoms with van der Waals surface area (Å²) in [4.78, 5) is 13.1. The minimum Gasteiger partial charge on any atom is -0.394 e. The highest BCUT2D eigenvalue weighted by atomic mass is 32.3. The number of ether oxygens (including phenoxy) is 2. The Kier molecular flexibility index (Phi) is 35.2. The molecule has 60 heavy (non-hydrogen) atoms. The molecule has 0 radical (unpaired) electrons. The van der Waals surface area contributed by atoms with Gasteiger partial charge in [-0.2, -0.15) is 8.42 Å². The lowest BCUT2D eigenvalue weighted by Gasteiger charge is -2.41. The van der Waals surface area contributed by atoms with Crippen molar-refractivity contribution in [2.45, 2.75) is 262 Å². The minimum absolute atomic E-state index is 0.247. The number of allylic oxidation sites excluding steroid dienone is 1. The Balaban J connectivity index is 2.54. The maximum Gasteiger partial charge on any atom is 0.397 e. The lowest BCUT2D eigenvalue weighted by Crippen LogP contribution is -2.61. The van der Waals surface area contributed by atoms with Crippen LogP contribution in [0, 0.1) is 0 Å². The second kappa shape index (κ2) is 37.2. The number of nitrogens with one attached hydrogen (secondary N) is 1. The number of aliphatic hydroxyl groups excluding tert-OH is 5. The summed E-state index contributed by atoms with van der Waals surface area (Å²) in [7, 11) is -5.11. The van der Waals surface area contributed by atoms with Crippen LogP contribution in [0.15, 0.2) is 12.2 Å². The molecule has 14 heteroatoms. The summed E-state index contributed by atoms with van der Waals surface area (Å²) in [6.07, 6.45) is 28.7. The highest BCUT2D eigenvalue weighted by Gasteiger charge is 2.48. The highest BCUT2D eigenvalue weighted by molar-refractivity contribution is 7.80. The first-order chi connectivity index (χ1) is 28.9. The number of carbonyl (C=O) groups excluding carboxylic acids is 1. The average molecular weight is 880 g/mol. The third-order valence-corrected chi connectivity index (χ3v) is 12.1. The van der Waals surface area contributed by atoms with E-state index < -0.39 is 78.5 Å². The van der Waals surface area contributed by atoms with E-state index >= 15 is 0 Å². The van der Waals surface area contributed by atoms with Crippen LogP contribution >= 0.6 is 0 Å². The van der Waals surface area contributed by atoms with Crippen molar-refractivity contribution in [2.24, 2.45) is 0 Å². The number of aliphatic hydroxyl groups is 5. The predicted octanol–water partition coefficient (Wildman–Crippen LogP) is 8.53. The van der Waals surface area contributed by atoms with Crippen molar-refractivity contribution in [2.75, 3.05) is 13.2 Å². The molecule has 0 spiro atoms. The van der Waals surface area contributed by atoms with E-state index in [1.165, 1.54) is 141 Å². The van der Waals surface area contributed by atoms with Crippen LogP contribution < -0.4 is 5.32 Å². The van der Waals surface area contributed by atoms with E-state index in [9.17, 15) is 43.3 Å². The number of hydrogen-bond donors (Lipinski definition) is 7. The van der Waals surface area contributed by atoms with E-state index in [-0.39, 0.29) is 6.42 Å². The molecule has 1 aliphatic heterocycles. The second-order valence-electron chi connectivity index (χ2n) is 17.2. The molecule has 0 bridgehead atoms. The summed E-state index contributed by atoms with van der Waals surface area (Å²) in [6.45, 7) is 3.22. The van der Waals surface area contributed by atoms with Gasteiger partial charge in [-0.3, -0.25) is 9.35 Å². The summed E-state index contributed by atoms with van der Waals surface area (Å²) >= 11 is 0. The molecule has 1 saturated heterocycles. The maximum absolute atomic E-state index is 13.1. The summed E-state index contributed by atoms with van der Waals surface area (Å²) in [5.74, 6) is -0.701. The van der Waals surface area contributed by atoms with Crippen LogP contribution in [0.4, 0.5) is 0 Å². The van der Waals surface area contributed by atoms with Gasteiger partial charge in [0.25, 0.3) is 0 Å². The molecule has 1 heterocycles. The van der Waals surface area contributed by atoms with Crippen LogP contribution in [0.2, 0.25) is 0 Å². The van der Waals surface area contributed by atoms with E-state index in [1.807, 2.05) is 6.08 Å². The van der Waals surface area contributed by atoms with Gasteiger partial charge < -0.3 is 40.3 Å². The molecular weight excluding hydrogens is 791 g/mol. The molecule has 7 N–H and O–H groups in total. The number of amides is 1. The lowest BCUT2D eigenvalue weighted by atomic mass is 9.99. The SMILES string of the molecule is CCCCCCCCCCCCCCCCCCCC/C=C/C(O)C(COC1OC(CO)C(O)C(OS(=O)(=O)O)C1O)NC(=O)C(O)CCCCCCCCCCCCC. The Hall–Kier alpha value is -1.20. The number of unbranched alkanes of at least 4 members (excludes halogenated alkanes) is 28. The van der Waals surface area contributed by atoms with Crippen LogP contribution in [0.25, 0.3) is 0 Å². The van der Waals surface area contributed by atoms with Crippen molar-refractivity contribution >= 4 is 16.3 Å². The fraction of sp³-hybridized carbons (Fsp3) is 0.935. The monoisotopic (exact) mass is 880 g/mol. The number of hydrogen-bond acceptors (Lipinski definition) is 11. The zero-order chi connectivity index (χ0) is 44.3. The molecule has 356 valence electrons. The predicted molar refractivity (Wildman–Crippen MR) is 238 cm³/mol. The van der Waals surface area contributed by atoms with Gasteiger partial charge >= 0.3 is 10.4 Å². The van der Waals surface area contributed by atoms with Crippen molar-refractivity contribution in [3.05, 3.63) is 12.2 Å². The van der Waals surface area contributed by atoms with Gasteiger partial charge in [0.05, 0.1) is 25.4 Å². The van der Waals surface area contributed by atoms with Gasteiger partial charge in [0.15, 0.2) is 6.29 Å². The average Bonchev–Trinajstić information content (AvgIpc) is 3.22. The van der Waals surface area contributed by atoms with Crippen molar-refractivity contribution < 1.29 is 57.0 Å². The summed E-state index contributed by atoms with van der Waals surface area (Å²) in [5.41, 5.74) is 0. The van der Waals surface area contributed by atoms with Crippen molar-refractivity contribution in [3.8, 4) is 0 Å². The fourth-order valence-corrected chi connectivity index (χ4v) is 8.32. The summed E-state index contributed by atoms with van der Waals surface area (Å²) in [6, 6.07) is -1.11. The van der Waals surface area contributed by atoms with Crippen molar-refractivity contribution in [3.63, 3.8) is 0 Å². The molecule has 1 aliphatic rings. The largest absolute Gasteiger partial charge is 0.397 e. The van der Waals surface area contributed by atoms with Gasteiger partial charge in [-0.25, -0.2) is 4.18 Å². The molecule has 13 nitrogen and oxygen atoms in total. The molecule has 8 unspecified atom stereocenters. The topological polar surface area (TPSA) is 212 Å². The molecular formula is C46H89NO12S. The molecule has 1 amide bonds. The van der Waals surface area contributed by atoms with E-state index in [2.05, 4.69) is 23.3 Å². The third-order valence-electron chi connectivity index (χ3n) is 11.7. The minimum atomic E-state index is -5.11. The zero-order valence-electron chi connectivity index (χ0n) is 37.6. The summed E-state index contributed by atoms with van der Waals surface area (Å²) < 4.78 is 47.5. The zero-order valence-corrected chi connectivity index (χ0v) is 38.5. The van der Waals surface area contributed by atoms with Crippen LogP contribution in [0.3, 0.4) is 0 Å². The Morgan fingerprint density at radius 1 is 0.667 bits per heavy atom. The van der Waals surface area contributed by atoms with Gasteiger partial charge in [-0.1, -0.05) is 206 Å². The van der Waals surface area contributed by atoms with Crippen LogP contribution in [0.5, 0.6) is 0 Å². The second-order valence-corrected chi connectivity index (χ2v) is 18.2. The maximum atomic E-state index is 13.1. The molecule has 0 aromatic carbocycles. The molecule has 1 fully saturated rings. The van der Waals surface area contributed by atoms with Crippen molar-refractivity contribution in [1.82, 2.24) is 5.32 Å².